The fourth-order valence-electron chi connectivity index (χ4n) is 2.95. The molecule has 3 rings (SSSR count). The van der Waals surface area contributed by atoms with Gasteiger partial charge in [0.2, 0.25) is 15.2 Å². The van der Waals surface area contributed by atoms with Crippen molar-refractivity contribution >= 4 is 27.9 Å². The van der Waals surface area contributed by atoms with Crippen LogP contribution in [0.1, 0.15) is 19.4 Å². The molecule has 0 aliphatic heterocycles. The topological polar surface area (TPSA) is 94.1 Å². The minimum atomic E-state index is -3.56. The maximum atomic E-state index is 12.8. The highest BCUT2D eigenvalue weighted by Crippen LogP contribution is 2.25. The summed E-state index contributed by atoms with van der Waals surface area (Å²) in [5.41, 5.74) is 1.73. The summed E-state index contributed by atoms with van der Waals surface area (Å²) in [5, 5.41) is 8.87. The van der Waals surface area contributed by atoms with E-state index in [1.807, 2.05) is 56.3 Å². The van der Waals surface area contributed by atoms with Gasteiger partial charge in [-0.2, -0.15) is 4.31 Å². The van der Waals surface area contributed by atoms with Crippen LogP contribution in [-0.4, -0.2) is 46.4 Å². The molecule has 2 aromatic carbocycles. The molecule has 0 fully saturated rings. The molecule has 1 aromatic heterocycles. The van der Waals surface area contributed by atoms with Crippen LogP contribution in [0.25, 0.3) is 17.5 Å². The van der Waals surface area contributed by atoms with Crippen molar-refractivity contribution in [1.82, 2.24) is 19.2 Å². The summed E-state index contributed by atoms with van der Waals surface area (Å²) >= 11 is 1.45. The summed E-state index contributed by atoms with van der Waals surface area (Å²) in [5.74, 6) is 7.29. The molecule has 0 bridgehead atoms. The lowest BCUT2D eigenvalue weighted by Crippen LogP contribution is -2.30. The number of sulfonamides is 1. The average molecular weight is 444 g/mol. The number of nitrogens with two attached hydrogens (primary N) is 1. The SMILES string of the molecule is CCN(CC)S(=O)(=O)c1cccc(-c2nnc(SCC=Cc3ccccc3)n2N)c1. The number of hydrogen-bond acceptors (Lipinski definition) is 6. The largest absolute Gasteiger partial charge is 0.335 e. The van der Waals surface area contributed by atoms with Gasteiger partial charge < -0.3 is 5.84 Å². The fraction of sp³-hybridized carbons (Fsp3) is 0.238. The highest BCUT2D eigenvalue weighted by Gasteiger charge is 2.22. The summed E-state index contributed by atoms with van der Waals surface area (Å²) in [6.07, 6.45) is 4.07. The molecule has 158 valence electrons. The van der Waals surface area contributed by atoms with Gasteiger partial charge in [0, 0.05) is 24.4 Å². The Bertz CT molecular complexity index is 1110. The Morgan fingerprint density at radius 2 is 1.80 bits per heavy atom. The first-order valence-electron chi connectivity index (χ1n) is 9.62. The second-order valence-electron chi connectivity index (χ2n) is 6.42. The van der Waals surface area contributed by atoms with Crippen LogP contribution in [0.3, 0.4) is 0 Å². The predicted molar refractivity (Wildman–Crippen MR) is 122 cm³/mol. The molecule has 30 heavy (non-hydrogen) atoms. The minimum Gasteiger partial charge on any atom is -0.335 e. The van der Waals surface area contributed by atoms with Crippen molar-refractivity contribution in [2.45, 2.75) is 23.9 Å². The Morgan fingerprint density at radius 1 is 1.07 bits per heavy atom. The minimum absolute atomic E-state index is 0.215. The number of nitrogen functional groups attached to an aromatic ring is 1. The molecule has 0 amide bonds. The first-order chi connectivity index (χ1) is 14.5. The number of benzene rings is 2. The first kappa shape index (κ1) is 22.1. The number of aromatic nitrogens is 3. The Labute approximate surface area is 181 Å². The highest BCUT2D eigenvalue weighted by atomic mass is 32.2. The summed E-state index contributed by atoms with van der Waals surface area (Å²) < 4.78 is 28.4. The molecule has 3 aromatic rings. The van der Waals surface area contributed by atoms with E-state index >= 15 is 0 Å². The third-order valence-corrected chi connectivity index (χ3v) is 7.46. The Kier molecular flexibility index (Phi) is 7.30. The van der Waals surface area contributed by atoms with Gasteiger partial charge in [0.25, 0.3) is 0 Å². The molecule has 9 heteroatoms. The lowest BCUT2D eigenvalue weighted by molar-refractivity contribution is 0.445. The van der Waals surface area contributed by atoms with Crippen molar-refractivity contribution in [3.63, 3.8) is 0 Å². The van der Waals surface area contributed by atoms with Crippen LogP contribution in [0.15, 0.2) is 70.7 Å². The Balaban J connectivity index is 1.76. The van der Waals surface area contributed by atoms with Gasteiger partial charge in [-0.05, 0) is 17.7 Å². The zero-order valence-electron chi connectivity index (χ0n) is 17.0. The second kappa shape index (κ2) is 9.92. The third-order valence-electron chi connectivity index (χ3n) is 4.52. The van der Waals surface area contributed by atoms with Crippen LogP contribution >= 0.6 is 11.8 Å². The molecule has 2 N–H and O–H groups in total. The molecule has 0 aliphatic carbocycles. The normalized spacial score (nSPS) is 12.1. The highest BCUT2D eigenvalue weighted by molar-refractivity contribution is 7.99. The van der Waals surface area contributed by atoms with Crippen molar-refractivity contribution in [3.8, 4) is 11.4 Å². The van der Waals surface area contributed by atoms with Crippen molar-refractivity contribution < 1.29 is 8.42 Å². The van der Waals surface area contributed by atoms with Crippen LogP contribution < -0.4 is 5.84 Å². The van der Waals surface area contributed by atoms with E-state index in [1.54, 1.807) is 24.3 Å². The van der Waals surface area contributed by atoms with Gasteiger partial charge in [0.15, 0.2) is 5.82 Å². The van der Waals surface area contributed by atoms with Gasteiger partial charge in [-0.3, -0.25) is 0 Å². The van der Waals surface area contributed by atoms with Crippen molar-refractivity contribution in [1.29, 1.82) is 0 Å². The van der Waals surface area contributed by atoms with E-state index < -0.39 is 10.0 Å². The lowest BCUT2D eigenvalue weighted by Gasteiger charge is -2.18. The van der Waals surface area contributed by atoms with Crippen LogP contribution in [-0.2, 0) is 10.0 Å². The average Bonchev–Trinajstić information content (AvgIpc) is 3.13. The van der Waals surface area contributed by atoms with Gasteiger partial charge in [-0.1, -0.05) is 80.2 Å². The summed E-state index contributed by atoms with van der Waals surface area (Å²) in [7, 11) is -3.56. The van der Waals surface area contributed by atoms with E-state index in [0.29, 0.717) is 35.4 Å². The third kappa shape index (κ3) is 4.92. The summed E-state index contributed by atoms with van der Waals surface area (Å²) in [6.45, 7) is 4.45. The summed E-state index contributed by atoms with van der Waals surface area (Å²) in [4.78, 5) is 0.215. The van der Waals surface area contributed by atoms with Gasteiger partial charge in [0.05, 0.1) is 4.90 Å². The number of nitrogens with zero attached hydrogens (tertiary/aromatic N) is 4. The smallest absolute Gasteiger partial charge is 0.243 e. The Morgan fingerprint density at radius 3 is 2.50 bits per heavy atom. The van der Waals surface area contributed by atoms with E-state index in [0.717, 1.165) is 5.56 Å². The molecule has 0 spiro atoms. The first-order valence-corrected chi connectivity index (χ1v) is 12.1. The van der Waals surface area contributed by atoms with E-state index in [4.69, 9.17) is 5.84 Å². The van der Waals surface area contributed by atoms with Gasteiger partial charge in [-0.25, -0.2) is 13.1 Å². The lowest BCUT2D eigenvalue weighted by atomic mass is 10.2. The maximum absolute atomic E-state index is 12.8. The van der Waals surface area contributed by atoms with Gasteiger partial charge in [0.1, 0.15) is 0 Å². The molecule has 0 radical (unpaired) electrons. The molecule has 0 unspecified atom stereocenters. The second-order valence-corrected chi connectivity index (χ2v) is 9.34. The number of hydrogen-bond donors (Lipinski definition) is 1. The van der Waals surface area contributed by atoms with E-state index in [-0.39, 0.29) is 4.90 Å². The molecule has 0 saturated heterocycles. The van der Waals surface area contributed by atoms with Crippen LogP contribution in [0.4, 0.5) is 0 Å². The Hall–Kier alpha value is -2.62. The van der Waals surface area contributed by atoms with Gasteiger partial charge >= 0.3 is 0 Å². The van der Waals surface area contributed by atoms with Crippen molar-refractivity contribution in [2.75, 3.05) is 24.7 Å². The molecule has 1 heterocycles. The van der Waals surface area contributed by atoms with Crippen LogP contribution in [0, 0.1) is 0 Å². The molecular formula is C21H25N5O2S2. The molecular weight excluding hydrogens is 418 g/mol. The predicted octanol–water partition coefficient (Wildman–Crippen LogP) is 3.49. The zero-order chi connectivity index (χ0) is 21.6. The van der Waals surface area contributed by atoms with Crippen molar-refractivity contribution in [2.24, 2.45) is 0 Å². The van der Waals surface area contributed by atoms with Gasteiger partial charge in [-0.15, -0.1) is 10.2 Å². The van der Waals surface area contributed by atoms with Crippen LogP contribution in [0.5, 0.6) is 0 Å². The monoisotopic (exact) mass is 443 g/mol. The summed E-state index contributed by atoms with van der Waals surface area (Å²) in [6, 6.07) is 16.7. The molecule has 0 saturated carbocycles. The molecule has 0 aliphatic rings. The van der Waals surface area contributed by atoms with Crippen LogP contribution in [0.2, 0.25) is 0 Å². The number of rotatable bonds is 9. The fourth-order valence-corrected chi connectivity index (χ4v) is 5.12. The molecule has 7 nitrogen and oxygen atoms in total. The standard InChI is InChI=1S/C21H25N5O2S2/c1-3-25(4-2)30(27,28)19-14-8-13-18(16-19)20-23-24-21(26(20)22)29-15-9-12-17-10-6-5-7-11-17/h5-14,16H,3-4,15,22H2,1-2H3. The quantitative estimate of drug-likeness (QED) is 0.402. The number of thioether (sulfide) groups is 1. The molecule has 0 atom stereocenters. The van der Waals surface area contributed by atoms with E-state index in [9.17, 15) is 8.42 Å². The maximum Gasteiger partial charge on any atom is 0.243 e. The van der Waals surface area contributed by atoms with E-state index in [1.165, 1.54) is 20.7 Å². The van der Waals surface area contributed by atoms with E-state index in [2.05, 4.69) is 10.2 Å². The van der Waals surface area contributed by atoms with Crippen molar-refractivity contribution in [3.05, 3.63) is 66.2 Å². The zero-order valence-corrected chi connectivity index (χ0v) is 18.6.